The molecule has 0 spiro atoms. The van der Waals surface area contributed by atoms with Gasteiger partial charge in [-0.05, 0) is 48.9 Å². The van der Waals surface area contributed by atoms with Crippen molar-refractivity contribution < 1.29 is 13.7 Å². The quantitative estimate of drug-likeness (QED) is 0.528. The number of halogens is 1. The van der Waals surface area contributed by atoms with Crippen molar-refractivity contribution in [1.29, 1.82) is 0 Å². The van der Waals surface area contributed by atoms with Crippen molar-refractivity contribution in [1.82, 2.24) is 19.3 Å². The summed E-state index contributed by atoms with van der Waals surface area (Å²) in [5.41, 5.74) is 2.72. The highest BCUT2D eigenvalue weighted by molar-refractivity contribution is 5.93. The van der Waals surface area contributed by atoms with Crippen LogP contribution in [0.15, 0.2) is 51.8 Å². The summed E-state index contributed by atoms with van der Waals surface area (Å²) >= 11 is 0. The van der Waals surface area contributed by atoms with E-state index in [4.69, 9.17) is 4.52 Å². The third kappa shape index (κ3) is 3.86. The average molecular weight is 409 g/mol. The standard InChI is InChI=1S/C21H20FN5O3/c1-26-16-11-10-15(12-17(16)27(2)21(26)29)23-18(28)4-3-5-19-24-20(25-30-19)13-6-8-14(22)9-7-13/h6-12H,3-5H2,1-2H3,(H,23,28). The minimum atomic E-state index is -0.331. The summed E-state index contributed by atoms with van der Waals surface area (Å²) in [4.78, 5) is 28.6. The summed E-state index contributed by atoms with van der Waals surface area (Å²) in [5, 5.41) is 6.74. The minimum absolute atomic E-state index is 0.118. The number of carbonyl (C=O) groups is 1. The van der Waals surface area contributed by atoms with Crippen LogP contribution in [0.5, 0.6) is 0 Å². The lowest BCUT2D eigenvalue weighted by Gasteiger charge is -2.05. The van der Waals surface area contributed by atoms with Gasteiger partial charge in [0.1, 0.15) is 5.82 Å². The van der Waals surface area contributed by atoms with E-state index in [1.54, 1.807) is 47.5 Å². The SMILES string of the molecule is Cn1c(=O)n(C)c2cc(NC(=O)CCCc3nc(-c4ccc(F)cc4)no3)ccc21. The molecule has 0 radical (unpaired) electrons. The van der Waals surface area contributed by atoms with Crippen molar-refractivity contribution in [2.24, 2.45) is 14.1 Å². The zero-order valence-corrected chi connectivity index (χ0v) is 16.6. The minimum Gasteiger partial charge on any atom is -0.339 e. The van der Waals surface area contributed by atoms with E-state index < -0.39 is 0 Å². The number of anilines is 1. The number of hydrogen-bond acceptors (Lipinski definition) is 5. The van der Waals surface area contributed by atoms with Crippen LogP contribution in [0.2, 0.25) is 0 Å². The molecule has 0 unspecified atom stereocenters. The second kappa shape index (κ2) is 7.94. The van der Waals surface area contributed by atoms with E-state index in [1.165, 1.54) is 12.1 Å². The van der Waals surface area contributed by atoms with Gasteiger partial charge < -0.3 is 9.84 Å². The maximum absolute atomic E-state index is 13.0. The first-order valence-electron chi connectivity index (χ1n) is 9.46. The lowest BCUT2D eigenvalue weighted by molar-refractivity contribution is -0.116. The molecule has 30 heavy (non-hydrogen) atoms. The van der Waals surface area contributed by atoms with Crippen LogP contribution in [0.3, 0.4) is 0 Å². The Kier molecular flexibility index (Phi) is 5.18. The number of amides is 1. The molecule has 0 fully saturated rings. The van der Waals surface area contributed by atoms with Crippen LogP contribution in [0.1, 0.15) is 18.7 Å². The Bertz CT molecular complexity index is 1270. The first-order valence-corrected chi connectivity index (χ1v) is 9.46. The van der Waals surface area contributed by atoms with E-state index in [-0.39, 0.29) is 23.8 Å². The Labute approximate surface area is 170 Å². The van der Waals surface area contributed by atoms with E-state index in [0.717, 1.165) is 11.0 Å². The molecule has 1 N–H and O–H groups in total. The number of hydrogen-bond donors (Lipinski definition) is 1. The molecule has 0 aliphatic heterocycles. The molecule has 0 aliphatic carbocycles. The van der Waals surface area contributed by atoms with Crippen LogP contribution < -0.4 is 11.0 Å². The largest absolute Gasteiger partial charge is 0.339 e. The number of benzene rings is 2. The molecule has 4 rings (SSSR count). The third-order valence-electron chi connectivity index (χ3n) is 4.92. The number of nitrogens with zero attached hydrogens (tertiary/aromatic N) is 4. The van der Waals surface area contributed by atoms with Crippen LogP contribution in [0.4, 0.5) is 10.1 Å². The van der Waals surface area contributed by atoms with Gasteiger partial charge >= 0.3 is 5.69 Å². The maximum atomic E-state index is 13.0. The second-order valence-corrected chi connectivity index (χ2v) is 7.02. The smallest absolute Gasteiger partial charge is 0.328 e. The molecule has 4 aromatic rings. The number of rotatable bonds is 6. The summed E-state index contributed by atoms with van der Waals surface area (Å²) in [6, 6.07) is 11.2. The van der Waals surface area contributed by atoms with Gasteiger partial charge in [0.15, 0.2) is 0 Å². The van der Waals surface area contributed by atoms with Gasteiger partial charge in [-0.1, -0.05) is 5.16 Å². The molecule has 0 saturated heterocycles. The van der Waals surface area contributed by atoms with Crippen molar-refractivity contribution in [3.63, 3.8) is 0 Å². The van der Waals surface area contributed by atoms with E-state index >= 15 is 0 Å². The molecule has 0 bridgehead atoms. The molecule has 0 saturated carbocycles. The van der Waals surface area contributed by atoms with Crippen LogP contribution in [0.25, 0.3) is 22.4 Å². The van der Waals surface area contributed by atoms with Gasteiger partial charge in [0.25, 0.3) is 0 Å². The highest BCUT2D eigenvalue weighted by Crippen LogP contribution is 2.19. The number of nitrogens with one attached hydrogen (secondary N) is 1. The fourth-order valence-electron chi connectivity index (χ4n) is 3.28. The fraction of sp³-hybridized carbons (Fsp3) is 0.238. The monoisotopic (exact) mass is 409 g/mol. The normalized spacial score (nSPS) is 11.2. The van der Waals surface area contributed by atoms with Crippen molar-refractivity contribution in [2.75, 3.05) is 5.32 Å². The molecule has 9 heteroatoms. The lowest BCUT2D eigenvalue weighted by Crippen LogP contribution is -2.19. The predicted molar refractivity (Wildman–Crippen MR) is 109 cm³/mol. The lowest BCUT2D eigenvalue weighted by atomic mass is 10.2. The average Bonchev–Trinajstić information content (AvgIpc) is 3.28. The highest BCUT2D eigenvalue weighted by atomic mass is 19.1. The number of aryl methyl sites for hydroxylation is 3. The number of fused-ring (bicyclic) bond motifs is 1. The number of aromatic nitrogens is 4. The van der Waals surface area contributed by atoms with E-state index in [0.29, 0.717) is 35.8 Å². The van der Waals surface area contributed by atoms with Gasteiger partial charge in [-0.15, -0.1) is 0 Å². The number of carbonyl (C=O) groups excluding carboxylic acids is 1. The van der Waals surface area contributed by atoms with Gasteiger partial charge in [-0.25, -0.2) is 9.18 Å². The van der Waals surface area contributed by atoms with Gasteiger partial charge in [0.05, 0.1) is 11.0 Å². The number of imidazole rings is 1. The molecule has 154 valence electrons. The Hall–Kier alpha value is -3.75. The zero-order valence-electron chi connectivity index (χ0n) is 16.6. The maximum Gasteiger partial charge on any atom is 0.328 e. The summed E-state index contributed by atoms with van der Waals surface area (Å²) in [7, 11) is 3.41. The van der Waals surface area contributed by atoms with Crippen molar-refractivity contribution >= 4 is 22.6 Å². The molecular weight excluding hydrogens is 389 g/mol. The van der Waals surface area contributed by atoms with Gasteiger partial charge in [0, 0.05) is 38.2 Å². The Balaban J connectivity index is 1.33. The molecule has 1 amide bonds. The predicted octanol–water partition coefficient (Wildman–Crippen LogP) is 3.03. The Morgan fingerprint density at radius 2 is 1.83 bits per heavy atom. The molecule has 2 aromatic carbocycles. The molecule has 0 aliphatic rings. The molecule has 8 nitrogen and oxygen atoms in total. The summed E-state index contributed by atoms with van der Waals surface area (Å²) in [6.07, 6.45) is 1.26. The Morgan fingerprint density at radius 3 is 2.60 bits per heavy atom. The molecular formula is C21H20FN5O3. The van der Waals surface area contributed by atoms with Crippen molar-refractivity contribution in [2.45, 2.75) is 19.3 Å². The summed E-state index contributed by atoms with van der Waals surface area (Å²) in [5.74, 6) is 0.328. The summed E-state index contributed by atoms with van der Waals surface area (Å²) in [6.45, 7) is 0. The van der Waals surface area contributed by atoms with Gasteiger partial charge in [-0.2, -0.15) is 4.98 Å². The second-order valence-electron chi connectivity index (χ2n) is 7.02. The van der Waals surface area contributed by atoms with Crippen molar-refractivity contribution in [3.05, 3.63) is 64.7 Å². The first-order chi connectivity index (χ1) is 14.4. The third-order valence-corrected chi connectivity index (χ3v) is 4.92. The Morgan fingerprint density at radius 1 is 1.10 bits per heavy atom. The van der Waals surface area contributed by atoms with Gasteiger partial charge in [0.2, 0.25) is 17.6 Å². The van der Waals surface area contributed by atoms with Crippen LogP contribution in [-0.4, -0.2) is 25.2 Å². The zero-order chi connectivity index (χ0) is 21.3. The van der Waals surface area contributed by atoms with Crippen LogP contribution in [-0.2, 0) is 25.3 Å². The summed E-state index contributed by atoms with van der Waals surface area (Å²) < 4.78 is 21.3. The molecule has 2 heterocycles. The van der Waals surface area contributed by atoms with Gasteiger partial charge in [-0.3, -0.25) is 13.9 Å². The van der Waals surface area contributed by atoms with E-state index in [2.05, 4.69) is 15.5 Å². The van der Waals surface area contributed by atoms with E-state index in [9.17, 15) is 14.0 Å². The topological polar surface area (TPSA) is 95.0 Å². The first kappa shape index (κ1) is 19.6. The van der Waals surface area contributed by atoms with Crippen LogP contribution in [0, 0.1) is 5.82 Å². The van der Waals surface area contributed by atoms with E-state index in [1.807, 2.05) is 6.07 Å². The van der Waals surface area contributed by atoms with Crippen LogP contribution >= 0.6 is 0 Å². The molecule has 0 atom stereocenters. The fourth-order valence-corrected chi connectivity index (χ4v) is 3.28. The van der Waals surface area contributed by atoms with Crippen molar-refractivity contribution in [3.8, 4) is 11.4 Å². The molecule has 2 aromatic heterocycles. The highest BCUT2D eigenvalue weighted by Gasteiger charge is 2.12.